The number of amides is 1. The minimum Gasteiger partial charge on any atom is -0.487 e. The van der Waals surface area contributed by atoms with E-state index >= 15 is 0 Å². The lowest BCUT2D eigenvalue weighted by molar-refractivity contribution is -0.385. The van der Waals surface area contributed by atoms with E-state index in [2.05, 4.69) is 15.5 Å². The van der Waals surface area contributed by atoms with Gasteiger partial charge in [0.05, 0.1) is 11.5 Å². The number of pyridine rings is 1. The smallest absolute Gasteiger partial charge is 0.311 e. The molecule has 0 bridgehead atoms. The predicted molar refractivity (Wildman–Crippen MR) is 93.3 cm³/mol. The summed E-state index contributed by atoms with van der Waals surface area (Å²) in [6.07, 6.45) is 2.33. The fourth-order valence-electron chi connectivity index (χ4n) is 2.53. The highest BCUT2D eigenvalue weighted by molar-refractivity contribution is 5.95. The van der Waals surface area contributed by atoms with E-state index in [1.807, 2.05) is 28.8 Å². The second kappa shape index (κ2) is 7.60. The number of aromatic nitrogens is 3. The maximum absolute atomic E-state index is 12.3. The molecule has 0 fully saturated rings. The van der Waals surface area contributed by atoms with Gasteiger partial charge in [-0.15, -0.1) is 10.2 Å². The van der Waals surface area contributed by atoms with E-state index in [0.29, 0.717) is 19.6 Å². The predicted octanol–water partition coefficient (Wildman–Crippen LogP) is 2.01. The van der Waals surface area contributed by atoms with Crippen molar-refractivity contribution < 1.29 is 14.5 Å². The molecule has 0 unspecified atom stereocenters. The Labute approximate surface area is 148 Å². The van der Waals surface area contributed by atoms with Crippen LogP contribution in [0.1, 0.15) is 23.1 Å². The first-order valence-corrected chi connectivity index (χ1v) is 8.08. The first kappa shape index (κ1) is 17.3. The Kier molecular flexibility index (Phi) is 5.07. The lowest BCUT2D eigenvalue weighted by Crippen LogP contribution is -2.26. The summed E-state index contributed by atoms with van der Waals surface area (Å²) >= 11 is 0. The Balaban J connectivity index is 1.66. The van der Waals surface area contributed by atoms with Gasteiger partial charge in [0.25, 0.3) is 5.91 Å². The van der Waals surface area contributed by atoms with Crippen molar-refractivity contribution in [3.63, 3.8) is 0 Å². The minimum atomic E-state index is -0.565. The fourth-order valence-corrected chi connectivity index (χ4v) is 2.53. The number of nitrogens with one attached hydrogen (secondary N) is 1. The Hall–Kier alpha value is -3.49. The van der Waals surface area contributed by atoms with Crippen molar-refractivity contribution in [2.24, 2.45) is 0 Å². The van der Waals surface area contributed by atoms with Gasteiger partial charge < -0.3 is 10.1 Å². The minimum absolute atomic E-state index is 0.143. The van der Waals surface area contributed by atoms with Gasteiger partial charge in [-0.2, -0.15) is 0 Å². The zero-order valence-electron chi connectivity index (χ0n) is 14.1. The summed E-state index contributed by atoms with van der Waals surface area (Å²) in [4.78, 5) is 22.8. The highest BCUT2D eigenvalue weighted by atomic mass is 16.6. The van der Waals surface area contributed by atoms with Crippen LogP contribution >= 0.6 is 0 Å². The van der Waals surface area contributed by atoms with Crippen LogP contribution < -0.4 is 10.1 Å². The molecule has 9 nitrogen and oxygen atoms in total. The molecular weight excluding hydrogens is 338 g/mol. The lowest BCUT2D eigenvalue weighted by Gasteiger charge is -2.07. The van der Waals surface area contributed by atoms with Gasteiger partial charge >= 0.3 is 5.69 Å². The summed E-state index contributed by atoms with van der Waals surface area (Å²) in [5.74, 6) is 0.465. The van der Waals surface area contributed by atoms with E-state index in [4.69, 9.17) is 4.74 Å². The average molecular weight is 355 g/mol. The van der Waals surface area contributed by atoms with Crippen molar-refractivity contribution in [1.29, 1.82) is 0 Å². The number of nitrogens with zero attached hydrogens (tertiary/aromatic N) is 4. The Bertz CT molecular complexity index is 953. The highest BCUT2D eigenvalue weighted by Crippen LogP contribution is 2.27. The number of hydrogen-bond acceptors (Lipinski definition) is 6. The summed E-state index contributed by atoms with van der Waals surface area (Å²) in [6, 6.07) is 9.73. The Morgan fingerprint density at radius 3 is 2.92 bits per heavy atom. The van der Waals surface area contributed by atoms with Gasteiger partial charge in [-0.05, 0) is 31.2 Å². The molecule has 0 radical (unpaired) electrons. The van der Waals surface area contributed by atoms with Crippen molar-refractivity contribution in [2.75, 3.05) is 13.2 Å². The molecule has 3 aromatic rings. The van der Waals surface area contributed by atoms with E-state index < -0.39 is 10.8 Å². The van der Waals surface area contributed by atoms with Gasteiger partial charge in [-0.3, -0.25) is 19.3 Å². The van der Waals surface area contributed by atoms with Crippen LogP contribution in [-0.4, -0.2) is 38.6 Å². The van der Waals surface area contributed by atoms with Crippen molar-refractivity contribution >= 4 is 17.2 Å². The third-order valence-electron chi connectivity index (χ3n) is 3.74. The summed E-state index contributed by atoms with van der Waals surface area (Å²) in [5.41, 5.74) is 0.699. The molecule has 0 saturated heterocycles. The molecule has 0 aliphatic rings. The highest BCUT2D eigenvalue weighted by Gasteiger charge is 2.18. The first-order chi connectivity index (χ1) is 12.6. The van der Waals surface area contributed by atoms with Crippen LogP contribution in [0.25, 0.3) is 5.65 Å². The molecule has 0 atom stereocenters. The monoisotopic (exact) mass is 355 g/mol. The molecule has 3 rings (SSSR count). The van der Waals surface area contributed by atoms with E-state index in [1.54, 1.807) is 6.92 Å². The normalized spacial score (nSPS) is 10.7. The number of carbonyl (C=O) groups is 1. The zero-order chi connectivity index (χ0) is 18.5. The summed E-state index contributed by atoms with van der Waals surface area (Å²) in [7, 11) is 0. The average Bonchev–Trinajstić information content (AvgIpc) is 3.05. The van der Waals surface area contributed by atoms with Gasteiger partial charge in [0.2, 0.25) is 0 Å². The van der Waals surface area contributed by atoms with Crippen LogP contribution in [-0.2, 0) is 6.42 Å². The van der Waals surface area contributed by atoms with Gasteiger partial charge in [-0.1, -0.05) is 6.07 Å². The van der Waals surface area contributed by atoms with Crippen LogP contribution in [0, 0.1) is 10.1 Å². The van der Waals surface area contributed by atoms with Gasteiger partial charge in [0.15, 0.2) is 11.4 Å². The fraction of sp³-hybridized carbons (Fsp3) is 0.235. The third kappa shape index (κ3) is 3.61. The van der Waals surface area contributed by atoms with Crippen LogP contribution in [0.3, 0.4) is 0 Å². The van der Waals surface area contributed by atoms with Gasteiger partial charge in [-0.25, -0.2) is 0 Å². The van der Waals surface area contributed by atoms with Crippen LogP contribution in [0.5, 0.6) is 5.75 Å². The maximum atomic E-state index is 12.3. The Morgan fingerprint density at radius 1 is 1.31 bits per heavy atom. The zero-order valence-corrected chi connectivity index (χ0v) is 14.1. The molecular formula is C17H17N5O4. The van der Waals surface area contributed by atoms with Gasteiger partial charge in [0.1, 0.15) is 5.82 Å². The number of rotatable bonds is 7. The standard InChI is InChI=1S/C17H17N5O4/c1-2-26-14-7-6-12(11-13(14)22(24)25)17(23)18-9-8-16-20-19-15-5-3-4-10-21(15)16/h3-7,10-11H,2,8-9H2,1H3,(H,18,23). The van der Waals surface area contributed by atoms with Crippen molar-refractivity contribution in [3.8, 4) is 5.75 Å². The van der Waals surface area contributed by atoms with E-state index in [-0.39, 0.29) is 17.0 Å². The summed E-state index contributed by atoms with van der Waals surface area (Å²) in [6.45, 7) is 2.37. The largest absolute Gasteiger partial charge is 0.487 e. The summed E-state index contributed by atoms with van der Waals surface area (Å²) < 4.78 is 7.05. The molecule has 2 heterocycles. The molecule has 134 valence electrons. The molecule has 1 N–H and O–H groups in total. The molecule has 0 aliphatic heterocycles. The Morgan fingerprint density at radius 2 is 2.15 bits per heavy atom. The molecule has 0 spiro atoms. The molecule has 2 aromatic heterocycles. The van der Waals surface area contributed by atoms with Crippen molar-refractivity contribution in [2.45, 2.75) is 13.3 Å². The van der Waals surface area contributed by atoms with Gasteiger partial charge in [0, 0.05) is 30.8 Å². The van der Waals surface area contributed by atoms with Crippen molar-refractivity contribution in [3.05, 3.63) is 64.1 Å². The molecule has 26 heavy (non-hydrogen) atoms. The number of fused-ring (bicyclic) bond motifs is 1. The number of benzene rings is 1. The topological polar surface area (TPSA) is 112 Å². The van der Waals surface area contributed by atoms with E-state index in [1.165, 1.54) is 18.2 Å². The summed E-state index contributed by atoms with van der Waals surface area (Å²) in [5, 5.41) is 22.0. The van der Waals surface area contributed by atoms with Crippen LogP contribution in [0.2, 0.25) is 0 Å². The molecule has 0 saturated carbocycles. The molecule has 1 aromatic carbocycles. The first-order valence-electron chi connectivity index (χ1n) is 8.08. The number of hydrogen-bond donors (Lipinski definition) is 1. The number of nitro benzene ring substituents is 1. The molecule has 1 amide bonds. The number of ether oxygens (including phenoxy) is 1. The van der Waals surface area contributed by atoms with Crippen LogP contribution in [0.15, 0.2) is 42.6 Å². The number of carbonyl (C=O) groups excluding carboxylic acids is 1. The maximum Gasteiger partial charge on any atom is 0.311 e. The second-order valence-corrected chi connectivity index (χ2v) is 5.42. The lowest BCUT2D eigenvalue weighted by atomic mass is 10.1. The third-order valence-corrected chi connectivity index (χ3v) is 3.74. The molecule has 9 heteroatoms. The van der Waals surface area contributed by atoms with Crippen molar-refractivity contribution in [1.82, 2.24) is 19.9 Å². The SMILES string of the molecule is CCOc1ccc(C(=O)NCCc2nnc3ccccn23)cc1[N+](=O)[O-]. The van der Waals surface area contributed by atoms with E-state index in [0.717, 1.165) is 11.5 Å². The second-order valence-electron chi connectivity index (χ2n) is 5.42. The number of nitro groups is 1. The quantitative estimate of drug-likeness (QED) is 0.512. The van der Waals surface area contributed by atoms with E-state index in [9.17, 15) is 14.9 Å². The molecule has 0 aliphatic carbocycles. The van der Waals surface area contributed by atoms with Crippen LogP contribution in [0.4, 0.5) is 5.69 Å².